The van der Waals surface area contributed by atoms with Gasteiger partial charge in [0.2, 0.25) is 5.91 Å². The van der Waals surface area contributed by atoms with Crippen LogP contribution in [0.25, 0.3) is 0 Å². The van der Waals surface area contributed by atoms with Gasteiger partial charge in [-0.2, -0.15) is 5.06 Å². The number of anilines is 2. The molecule has 2 aromatic rings. The van der Waals surface area contributed by atoms with Gasteiger partial charge in [0.1, 0.15) is 17.2 Å². The molecular formula is C25H33N3O7. The van der Waals surface area contributed by atoms with Gasteiger partial charge in [-0.25, -0.2) is 4.79 Å². The average Bonchev–Trinajstić information content (AvgIpc) is 2.86. The third kappa shape index (κ3) is 6.77. The van der Waals surface area contributed by atoms with Crippen LogP contribution in [0, 0.1) is 0 Å². The minimum Gasteiger partial charge on any atom is -0.497 e. The largest absolute Gasteiger partial charge is 0.497 e. The number of fused-ring (bicyclic) bond motifs is 1. The van der Waals surface area contributed by atoms with E-state index in [9.17, 15) is 14.8 Å². The van der Waals surface area contributed by atoms with Gasteiger partial charge < -0.3 is 29.5 Å². The number of hydrogen-bond acceptors (Lipinski definition) is 8. The van der Waals surface area contributed by atoms with E-state index < -0.39 is 12.3 Å². The van der Waals surface area contributed by atoms with Crippen LogP contribution in [0.15, 0.2) is 30.3 Å². The highest BCUT2D eigenvalue weighted by Crippen LogP contribution is 2.38. The first-order valence-corrected chi connectivity index (χ1v) is 11.6. The highest BCUT2D eigenvalue weighted by molar-refractivity contribution is 6.01. The summed E-state index contributed by atoms with van der Waals surface area (Å²) in [5.74, 6) is 1.74. The number of ether oxygens (including phenoxy) is 4. The Morgan fingerprint density at radius 1 is 1.14 bits per heavy atom. The maximum Gasteiger partial charge on any atom is 0.411 e. The van der Waals surface area contributed by atoms with Crippen LogP contribution in [0.2, 0.25) is 0 Å². The lowest BCUT2D eigenvalue weighted by Crippen LogP contribution is -2.38. The Kier molecular flexibility index (Phi) is 9.16. The van der Waals surface area contributed by atoms with Crippen molar-refractivity contribution >= 4 is 23.4 Å². The molecule has 0 saturated carbocycles. The van der Waals surface area contributed by atoms with Crippen LogP contribution in [0.5, 0.6) is 17.2 Å². The number of methoxy groups -OCH3 is 2. The summed E-state index contributed by atoms with van der Waals surface area (Å²) in [7, 11) is 3.18. The van der Waals surface area contributed by atoms with E-state index in [0.29, 0.717) is 60.9 Å². The van der Waals surface area contributed by atoms with Crippen LogP contribution in [0.1, 0.15) is 37.8 Å². The first-order chi connectivity index (χ1) is 16.9. The molecule has 0 saturated heterocycles. The van der Waals surface area contributed by atoms with E-state index in [0.717, 1.165) is 16.2 Å². The summed E-state index contributed by atoms with van der Waals surface area (Å²) in [5, 5.41) is 17.4. The molecule has 3 N–H and O–H groups in total. The molecule has 10 nitrogen and oxygen atoms in total. The SMILES string of the molecule is CCOC(=O)Nc1ccc(OC(CC)N(O)CCc2cc(OC)cc(OC)c2)c2c1NC(=O)CC2. The van der Waals surface area contributed by atoms with Crippen LogP contribution in [0.3, 0.4) is 0 Å². The Bertz CT molecular complexity index is 1020. The van der Waals surface area contributed by atoms with Gasteiger partial charge in [-0.3, -0.25) is 10.1 Å². The number of rotatable bonds is 11. The van der Waals surface area contributed by atoms with E-state index >= 15 is 0 Å². The average molecular weight is 488 g/mol. The normalized spacial score (nSPS) is 13.5. The van der Waals surface area contributed by atoms with Gasteiger partial charge >= 0.3 is 6.09 Å². The highest BCUT2D eigenvalue weighted by Gasteiger charge is 2.25. The third-order valence-electron chi connectivity index (χ3n) is 5.63. The molecule has 1 atom stereocenters. The summed E-state index contributed by atoms with van der Waals surface area (Å²) in [5.41, 5.74) is 2.61. The van der Waals surface area contributed by atoms with Gasteiger partial charge in [0.15, 0.2) is 6.23 Å². The molecule has 1 unspecified atom stereocenters. The van der Waals surface area contributed by atoms with Gasteiger partial charge in [0, 0.05) is 24.6 Å². The van der Waals surface area contributed by atoms with E-state index in [-0.39, 0.29) is 12.5 Å². The molecule has 35 heavy (non-hydrogen) atoms. The third-order valence-corrected chi connectivity index (χ3v) is 5.63. The first kappa shape index (κ1) is 26.1. The number of amides is 2. The molecule has 0 fully saturated rings. The van der Waals surface area contributed by atoms with Gasteiger partial charge in [-0.05, 0) is 56.0 Å². The maximum absolute atomic E-state index is 12.0. The van der Waals surface area contributed by atoms with Crippen molar-refractivity contribution in [2.45, 2.75) is 45.8 Å². The van der Waals surface area contributed by atoms with Gasteiger partial charge in [-0.1, -0.05) is 6.92 Å². The molecule has 190 valence electrons. The fraction of sp³-hybridized carbons (Fsp3) is 0.440. The molecule has 0 aliphatic carbocycles. The molecule has 2 amide bonds. The molecule has 1 aliphatic rings. The second-order valence-electron chi connectivity index (χ2n) is 7.97. The van der Waals surface area contributed by atoms with Gasteiger partial charge in [0.05, 0.1) is 32.2 Å². The second-order valence-corrected chi connectivity index (χ2v) is 7.97. The van der Waals surface area contributed by atoms with Crippen LogP contribution in [-0.4, -0.2) is 55.9 Å². The minimum absolute atomic E-state index is 0.147. The van der Waals surface area contributed by atoms with Crippen molar-refractivity contribution in [2.24, 2.45) is 0 Å². The Morgan fingerprint density at radius 3 is 2.49 bits per heavy atom. The summed E-state index contributed by atoms with van der Waals surface area (Å²) in [6.45, 7) is 4.17. The van der Waals surface area contributed by atoms with Crippen LogP contribution >= 0.6 is 0 Å². The maximum atomic E-state index is 12.0. The minimum atomic E-state index is -0.618. The van der Waals surface area contributed by atoms with E-state index in [1.54, 1.807) is 39.3 Å². The van der Waals surface area contributed by atoms with E-state index in [1.807, 2.05) is 19.1 Å². The highest BCUT2D eigenvalue weighted by atomic mass is 16.6. The van der Waals surface area contributed by atoms with E-state index in [4.69, 9.17) is 18.9 Å². The Labute approximate surface area is 205 Å². The van der Waals surface area contributed by atoms with Crippen molar-refractivity contribution in [1.82, 2.24) is 5.06 Å². The lowest BCUT2D eigenvalue weighted by molar-refractivity contribution is -0.185. The molecule has 0 spiro atoms. The van der Waals surface area contributed by atoms with Gasteiger partial charge in [-0.15, -0.1) is 0 Å². The van der Waals surface area contributed by atoms with E-state index in [1.165, 1.54) is 0 Å². The zero-order chi connectivity index (χ0) is 25.4. The Hall–Kier alpha value is -3.50. The Balaban J connectivity index is 1.74. The van der Waals surface area contributed by atoms with E-state index in [2.05, 4.69) is 10.6 Å². The molecule has 2 aromatic carbocycles. The van der Waals surface area contributed by atoms with Crippen molar-refractivity contribution in [3.8, 4) is 17.2 Å². The van der Waals surface area contributed by atoms with Crippen molar-refractivity contribution in [1.29, 1.82) is 0 Å². The predicted molar refractivity (Wildman–Crippen MR) is 130 cm³/mol. The molecule has 0 bridgehead atoms. The molecule has 10 heteroatoms. The molecule has 0 aromatic heterocycles. The molecular weight excluding hydrogens is 454 g/mol. The van der Waals surface area contributed by atoms with Crippen LogP contribution < -0.4 is 24.8 Å². The predicted octanol–water partition coefficient (Wildman–Crippen LogP) is 4.21. The standard InChI is InChI=1S/C25H33N3O7/c1-5-23(28(31)12-11-16-13-17(32-3)15-18(14-16)33-4)35-21-9-8-20(26-25(30)34-6-2)24-19(21)7-10-22(29)27-24/h8-9,13-15,23,31H,5-7,10-12H2,1-4H3,(H,26,30)(H,27,29). The molecule has 1 heterocycles. The second kappa shape index (κ2) is 12.3. The van der Waals surface area contributed by atoms with Crippen molar-refractivity contribution < 1.29 is 33.7 Å². The summed E-state index contributed by atoms with van der Waals surface area (Å²) in [6, 6.07) is 8.95. The monoisotopic (exact) mass is 487 g/mol. The first-order valence-electron chi connectivity index (χ1n) is 11.6. The van der Waals surface area contributed by atoms with Crippen LogP contribution in [-0.2, 0) is 22.4 Å². The number of hydrogen-bond donors (Lipinski definition) is 3. The molecule has 3 rings (SSSR count). The Morgan fingerprint density at radius 2 is 1.86 bits per heavy atom. The summed E-state index contributed by atoms with van der Waals surface area (Å²) in [6.07, 6.45) is 0.574. The molecule has 0 radical (unpaired) electrons. The van der Waals surface area contributed by atoms with Crippen molar-refractivity contribution in [3.63, 3.8) is 0 Å². The summed E-state index contributed by atoms with van der Waals surface area (Å²) >= 11 is 0. The number of hydroxylamine groups is 2. The number of nitrogens with one attached hydrogen (secondary N) is 2. The van der Waals surface area contributed by atoms with Gasteiger partial charge in [0.25, 0.3) is 0 Å². The van der Waals surface area contributed by atoms with Crippen LogP contribution in [0.4, 0.5) is 16.2 Å². The number of nitrogens with zero attached hydrogens (tertiary/aromatic N) is 1. The number of carbonyl (C=O) groups is 2. The topological polar surface area (TPSA) is 119 Å². The molecule has 1 aliphatic heterocycles. The summed E-state index contributed by atoms with van der Waals surface area (Å²) in [4.78, 5) is 24.0. The zero-order valence-corrected chi connectivity index (χ0v) is 20.6. The number of benzene rings is 2. The number of carbonyl (C=O) groups excluding carboxylic acids is 2. The summed E-state index contributed by atoms with van der Waals surface area (Å²) < 4.78 is 21.8. The quantitative estimate of drug-likeness (QED) is 0.319. The fourth-order valence-electron chi connectivity index (χ4n) is 3.85. The lowest BCUT2D eigenvalue weighted by Gasteiger charge is -2.29. The smallest absolute Gasteiger partial charge is 0.411 e. The zero-order valence-electron chi connectivity index (χ0n) is 20.6. The van der Waals surface area contributed by atoms with Crippen molar-refractivity contribution in [2.75, 3.05) is 38.0 Å². The fourth-order valence-corrected chi connectivity index (χ4v) is 3.85. The van der Waals surface area contributed by atoms with Crippen molar-refractivity contribution in [3.05, 3.63) is 41.5 Å². The lowest BCUT2D eigenvalue weighted by atomic mass is 10.0.